The number of halogens is 3. The summed E-state index contributed by atoms with van der Waals surface area (Å²) in [6.07, 6.45) is 0.791. The maximum atomic E-state index is 12.0. The van der Waals surface area contributed by atoms with Gasteiger partial charge < -0.3 is 10.1 Å². The van der Waals surface area contributed by atoms with E-state index in [0.29, 0.717) is 16.9 Å². The van der Waals surface area contributed by atoms with Crippen LogP contribution in [0.5, 0.6) is 5.75 Å². The lowest BCUT2D eigenvalue weighted by atomic mass is 10.2. The largest absolute Gasteiger partial charge is 0.435 e. The second kappa shape index (κ2) is 7.31. The molecule has 100 valence electrons. The first-order valence-electron chi connectivity index (χ1n) is 5.46. The van der Waals surface area contributed by atoms with Gasteiger partial charge >= 0.3 is 6.61 Å². The van der Waals surface area contributed by atoms with Crippen molar-refractivity contribution in [1.82, 2.24) is 5.32 Å². The van der Waals surface area contributed by atoms with Crippen LogP contribution in [0, 0.1) is 0 Å². The topological polar surface area (TPSA) is 38.3 Å². The van der Waals surface area contributed by atoms with E-state index < -0.39 is 6.61 Å². The number of rotatable bonds is 6. The SMILES string of the molecule is CC(Br)CCNC(=O)c1cccc(OC(F)F)c1. The van der Waals surface area contributed by atoms with Crippen molar-refractivity contribution < 1.29 is 18.3 Å². The molecule has 1 rings (SSSR count). The van der Waals surface area contributed by atoms with Crippen molar-refractivity contribution in [3.8, 4) is 5.75 Å². The van der Waals surface area contributed by atoms with Crippen LogP contribution in [0.4, 0.5) is 8.78 Å². The van der Waals surface area contributed by atoms with Gasteiger partial charge in [-0.2, -0.15) is 8.78 Å². The third-order valence-electron chi connectivity index (χ3n) is 2.15. The van der Waals surface area contributed by atoms with Crippen molar-refractivity contribution in [3.05, 3.63) is 29.8 Å². The van der Waals surface area contributed by atoms with Gasteiger partial charge in [-0.3, -0.25) is 4.79 Å². The van der Waals surface area contributed by atoms with Crippen molar-refractivity contribution >= 4 is 21.8 Å². The molecule has 18 heavy (non-hydrogen) atoms. The molecular formula is C12H14BrF2NO2. The Labute approximate surface area is 113 Å². The van der Waals surface area contributed by atoms with Gasteiger partial charge in [-0.25, -0.2) is 0 Å². The summed E-state index contributed by atoms with van der Waals surface area (Å²) in [7, 11) is 0. The molecule has 0 aliphatic heterocycles. The van der Waals surface area contributed by atoms with Gasteiger partial charge in [0.1, 0.15) is 5.75 Å². The molecule has 1 aromatic rings. The highest BCUT2D eigenvalue weighted by atomic mass is 79.9. The van der Waals surface area contributed by atoms with E-state index in [2.05, 4.69) is 26.0 Å². The van der Waals surface area contributed by atoms with Crippen molar-refractivity contribution in [2.75, 3.05) is 6.54 Å². The fourth-order valence-electron chi connectivity index (χ4n) is 1.30. The van der Waals surface area contributed by atoms with Gasteiger partial charge in [0.05, 0.1) is 0 Å². The highest BCUT2D eigenvalue weighted by Crippen LogP contribution is 2.15. The van der Waals surface area contributed by atoms with Gasteiger partial charge in [0.15, 0.2) is 0 Å². The van der Waals surface area contributed by atoms with Gasteiger partial charge in [-0.1, -0.05) is 28.9 Å². The molecule has 0 spiro atoms. The zero-order chi connectivity index (χ0) is 13.5. The third-order valence-corrected chi connectivity index (χ3v) is 2.61. The molecule has 1 atom stereocenters. The summed E-state index contributed by atoms with van der Waals surface area (Å²) in [5, 5.41) is 2.70. The maximum Gasteiger partial charge on any atom is 0.387 e. The number of carbonyl (C=O) groups excluding carboxylic acids is 1. The fourth-order valence-corrected chi connectivity index (χ4v) is 1.53. The number of ether oxygens (including phenoxy) is 1. The Kier molecular flexibility index (Phi) is 6.04. The van der Waals surface area contributed by atoms with Crippen LogP contribution in [0.25, 0.3) is 0 Å². The van der Waals surface area contributed by atoms with Crippen LogP contribution in [0.1, 0.15) is 23.7 Å². The van der Waals surface area contributed by atoms with Crippen LogP contribution >= 0.6 is 15.9 Å². The summed E-state index contributed by atoms with van der Waals surface area (Å²) < 4.78 is 28.3. The van der Waals surface area contributed by atoms with Gasteiger partial charge in [0.25, 0.3) is 5.91 Å². The Morgan fingerprint density at radius 1 is 1.50 bits per heavy atom. The number of alkyl halides is 3. The molecule has 0 aliphatic rings. The molecule has 0 aromatic heterocycles. The molecule has 0 heterocycles. The molecule has 1 amide bonds. The Morgan fingerprint density at radius 3 is 2.83 bits per heavy atom. The summed E-state index contributed by atoms with van der Waals surface area (Å²) in [5.41, 5.74) is 0.301. The number of nitrogens with one attached hydrogen (secondary N) is 1. The average molecular weight is 322 g/mol. The third kappa shape index (κ3) is 5.44. The van der Waals surface area contributed by atoms with E-state index in [-0.39, 0.29) is 11.7 Å². The molecule has 0 radical (unpaired) electrons. The molecule has 0 saturated carbocycles. The Hall–Kier alpha value is -1.17. The predicted molar refractivity (Wildman–Crippen MR) is 68.4 cm³/mol. The Balaban J connectivity index is 2.57. The zero-order valence-electron chi connectivity index (χ0n) is 9.83. The average Bonchev–Trinajstić information content (AvgIpc) is 2.27. The van der Waals surface area contributed by atoms with E-state index in [1.54, 1.807) is 6.07 Å². The summed E-state index contributed by atoms with van der Waals surface area (Å²) in [4.78, 5) is 12.0. The second-order valence-electron chi connectivity index (χ2n) is 3.73. The minimum absolute atomic E-state index is 0.0218. The van der Waals surface area contributed by atoms with Crippen molar-refractivity contribution in [2.45, 2.75) is 24.8 Å². The minimum Gasteiger partial charge on any atom is -0.435 e. The van der Waals surface area contributed by atoms with E-state index in [1.807, 2.05) is 6.92 Å². The number of benzene rings is 1. The monoisotopic (exact) mass is 321 g/mol. The van der Waals surface area contributed by atoms with E-state index in [1.165, 1.54) is 18.2 Å². The standard InChI is InChI=1S/C12H14BrF2NO2/c1-8(13)5-6-16-11(17)9-3-2-4-10(7-9)18-12(14)15/h2-4,7-8,12H,5-6H2,1H3,(H,16,17). The summed E-state index contributed by atoms with van der Waals surface area (Å²) in [6.45, 7) is -0.397. The van der Waals surface area contributed by atoms with Gasteiger partial charge in [0.2, 0.25) is 0 Å². The molecule has 1 aromatic carbocycles. The van der Waals surface area contributed by atoms with Crippen LogP contribution in [0.3, 0.4) is 0 Å². The van der Waals surface area contributed by atoms with Crippen LogP contribution in [-0.2, 0) is 0 Å². The van der Waals surface area contributed by atoms with Crippen molar-refractivity contribution in [2.24, 2.45) is 0 Å². The van der Waals surface area contributed by atoms with Crippen LogP contribution in [-0.4, -0.2) is 23.9 Å². The Bertz CT molecular complexity index is 399. The van der Waals surface area contributed by atoms with E-state index in [9.17, 15) is 13.6 Å². The fraction of sp³-hybridized carbons (Fsp3) is 0.417. The van der Waals surface area contributed by atoms with Crippen LogP contribution in [0.15, 0.2) is 24.3 Å². The quantitative estimate of drug-likeness (QED) is 0.817. The molecule has 0 bridgehead atoms. The van der Waals surface area contributed by atoms with Gasteiger partial charge in [-0.15, -0.1) is 0 Å². The van der Waals surface area contributed by atoms with E-state index in [0.717, 1.165) is 6.42 Å². The second-order valence-corrected chi connectivity index (χ2v) is 5.29. The van der Waals surface area contributed by atoms with Crippen molar-refractivity contribution in [1.29, 1.82) is 0 Å². The minimum atomic E-state index is -2.89. The predicted octanol–water partition coefficient (Wildman–Crippen LogP) is 3.19. The normalized spacial score (nSPS) is 12.3. The molecule has 6 heteroatoms. The zero-order valence-corrected chi connectivity index (χ0v) is 11.4. The van der Waals surface area contributed by atoms with Crippen LogP contribution < -0.4 is 10.1 Å². The highest BCUT2D eigenvalue weighted by Gasteiger charge is 2.09. The number of hydrogen-bond acceptors (Lipinski definition) is 2. The first-order valence-corrected chi connectivity index (χ1v) is 6.37. The lowest BCUT2D eigenvalue weighted by Gasteiger charge is -2.08. The van der Waals surface area contributed by atoms with E-state index >= 15 is 0 Å². The van der Waals surface area contributed by atoms with E-state index in [4.69, 9.17) is 0 Å². The summed E-state index contributed by atoms with van der Waals surface area (Å²) in [5.74, 6) is -0.325. The molecule has 1 unspecified atom stereocenters. The molecule has 3 nitrogen and oxygen atoms in total. The van der Waals surface area contributed by atoms with Crippen LogP contribution in [0.2, 0.25) is 0 Å². The summed E-state index contributed by atoms with van der Waals surface area (Å²) >= 11 is 3.36. The number of hydrogen-bond donors (Lipinski definition) is 1. The molecule has 0 aliphatic carbocycles. The smallest absolute Gasteiger partial charge is 0.387 e. The Morgan fingerprint density at radius 2 is 2.22 bits per heavy atom. The van der Waals surface area contributed by atoms with Crippen molar-refractivity contribution in [3.63, 3.8) is 0 Å². The number of amides is 1. The summed E-state index contributed by atoms with van der Waals surface area (Å²) in [6, 6.07) is 5.72. The highest BCUT2D eigenvalue weighted by molar-refractivity contribution is 9.09. The lowest BCUT2D eigenvalue weighted by Crippen LogP contribution is -2.25. The maximum absolute atomic E-state index is 12.0. The lowest BCUT2D eigenvalue weighted by molar-refractivity contribution is -0.0498. The number of carbonyl (C=O) groups is 1. The molecule has 0 fully saturated rings. The molecule has 0 saturated heterocycles. The molecule has 1 N–H and O–H groups in total. The van der Waals surface area contributed by atoms with Gasteiger partial charge in [-0.05, 0) is 24.6 Å². The van der Waals surface area contributed by atoms with Gasteiger partial charge in [0, 0.05) is 16.9 Å². The first kappa shape index (κ1) is 14.9. The molecular weight excluding hydrogens is 308 g/mol. The first-order chi connectivity index (χ1) is 8.49.